The maximum Gasteiger partial charge on any atom is 0.391 e. The number of ether oxygens (including phenoxy) is 1. The van der Waals surface area contributed by atoms with E-state index < -0.39 is 30.5 Å². The molecule has 1 atom stereocenters. The number of alkyl halides is 3. The summed E-state index contributed by atoms with van der Waals surface area (Å²) in [6, 6.07) is 3.55. The summed E-state index contributed by atoms with van der Waals surface area (Å²) in [6.45, 7) is 4.10. The van der Waals surface area contributed by atoms with Gasteiger partial charge in [0.15, 0.2) is 0 Å². The van der Waals surface area contributed by atoms with E-state index in [-0.39, 0.29) is 19.4 Å². The van der Waals surface area contributed by atoms with Crippen molar-refractivity contribution >= 4 is 11.9 Å². The normalized spacial score (nSPS) is 12.5. The number of nitrogens with one attached hydrogen (secondary N) is 1. The maximum atomic E-state index is 12.2. The first-order valence-corrected chi connectivity index (χ1v) is 7.37. The van der Waals surface area contributed by atoms with E-state index in [1.165, 1.54) is 0 Å². The summed E-state index contributed by atoms with van der Waals surface area (Å²) < 4.78 is 42.2. The highest BCUT2D eigenvalue weighted by Crippen LogP contribution is 2.21. The molecule has 0 radical (unpaired) electrons. The number of rotatable bonds is 8. The number of hydrogen-bond donors (Lipinski definition) is 2. The Morgan fingerprint density at radius 3 is 2.46 bits per heavy atom. The molecule has 0 aliphatic heterocycles. The molecule has 134 valence electrons. The fourth-order valence-corrected chi connectivity index (χ4v) is 1.92. The molecule has 0 aliphatic carbocycles. The first-order chi connectivity index (χ1) is 11.1. The van der Waals surface area contributed by atoms with Crippen LogP contribution in [0.4, 0.5) is 13.2 Å². The minimum absolute atomic E-state index is 0.119. The van der Waals surface area contributed by atoms with Crippen LogP contribution < -0.4 is 10.1 Å². The lowest BCUT2D eigenvalue weighted by molar-refractivity contribution is -0.160. The van der Waals surface area contributed by atoms with E-state index in [9.17, 15) is 22.8 Å². The maximum absolute atomic E-state index is 12.2. The van der Waals surface area contributed by atoms with Crippen molar-refractivity contribution in [2.24, 2.45) is 0 Å². The highest BCUT2D eigenvalue weighted by atomic mass is 19.4. The van der Waals surface area contributed by atoms with Crippen LogP contribution in [0.2, 0.25) is 0 Å². The lowest BCUT2D eigenvalue weighted by Gasteiger charge is -2.16. The molecule has 0 saturated heterocycles. The summed E-state index contributed by atoms with van der Waals surface area (Å²) in [5, 5.41) is 10.6. The van der Waals surface area contributed by atoms with Crippen molar-refractivity contribution in [1.82, 2.24) is 5.32 Å². The zero-order chi connectivity index (χ0) is 18.3. The second-order valence-corrected chi connectivity index (χ2v) is 5.48. The van der Waals surface area contributed by atoms with Gasteiger partial charge in [0.2, 0.25) is 5.91 Å². The van der Waals surface area contributed by atoms with Crippen molar-refractivity contribution in [3.05, 3.63) is 29.3 Å². The van der Waals surface area contributed by atoms with Gasteiger partial charge in [-0.1, -0.05) is 6.07 Å². The van der Waals surface area contributed by atoms with Gasteiger partial charge in [0, 0.05) is 6.42 Å². The van der Waals surface area contributed by atoms with Crippen LogP contribution in [0.15, 0.2) is 18.2 Å². The number of aryl methyl sites for hydroxylation is 2. The van der Waals surface area contributed by atoms with Crippen molar-refractivity contribution < 1.29 is 32.6 Å². The average Bonchev–Trinajstić information content (AvgIpc) is 2.45. The number of benzene rings is 1. The van der Waals surface area contributed by atoms with Crippen LogP contribution in [0.5, 0.6) is 5.75 Å². The third-order valence-electron chi connectivity index (χ3n) is 3.36. The Balaban J connectivity index is 2.37. The van der Waals surface area contributed by atoms with Crippen molar-refractivity contribution in [3.63, 3.8) is 0 Å². The highest BCUT2D eigenvalue weighted by Gasteiger charge is 2.36. The lowest BCUT2D eigenvalue weighted by Crippen LogP contribution is -2.43. The van der Waals surface area contributed by atoms with Crippen LogP contribution in [0.1, 0.15) is 30.4 Å². The van der Waals surface area contributed by atoms with Crippen LogP contribution in [0, 0.1) is 13.8 Å². The smallest absolute Gasteiger partial charge is 0.391 e. The third kappa shape index (κ3) is 7.34. The summed E-state index contributed by atoms with van der Waals surface area (Å²) in [5.74, 6) is -1.83. The van der Waals surface area contributed by atoms with Gasteiger partial charge in [-0.3, -0.25) is 4.79 Å². The van der Waals surface area contributed by atoms with Crippen molar-refractivity contribution in [3.8, 4) is 5.75 Å². The molecule has 0 fully saturated rings. The zero-order valence-electron chi connectivity index (χ0n) is 13.4. The topological polar surface area (TPSA) is 75.6 Å². The molecule has 0 saturated carbocycles. The number of carbonyl (C=O) groups is 2. The molecule has 2 N–H and O–H groups in total. The van der Waals surface area contributed by atoms with Crippen molar-refractivity contribution in [2.75, 3.05) is 6.61 Å². The van der Waals surface area contributed by atoms with E-state index in [1.54, 1.807) is 6.07 Å². The number of amides is 1. The molecular weight excluding hydrogens is 327 g/mol. The average molecular weight is 347 g/mol. The summed E-state index contributed by atoms with van der Waals surface area (Å²) in [7, 11) is 0. The van der Waals surface area contributed by atoms with Gasteiger partial charge < -0.3 is 15.2 Å². The Morgan fingerprint density at radius 1 is 1.25 bits per heavy atom. The molecule has 0 aromatic heterocycles. The predicted octanol–water partition coefficient (Wildman–Crippen LogP) is 2.98. The zero-order valence-corrected chi connectivity index (χ0v) is 13.4. The first kappa shape index (κ1) is 19.8. The lowest BCUT2D eigenvalue weighted by atomic mass is 10.1. The van der Waals surface area contributed by atoms with E-state index in [1.807, 2.05) is 31.3 Å². The van der Waals surface area contributed by atoms with Crippen LogP contribution >= 0.6 is 0 Å². The number of carboxylic acids is 1. The molecule has 1 rings (SSSR count). The van der Waals surface area contributed by atoms with Gasteiger partial charge in [0.05, 0.1) is 13.0 Å². The van der Waals surface area contributed by atoms with Gasteiger partial charge in [0.1, 0.15) is 11.8 Å². The van der Waals surface area contributed by atoms with E-state index in [4.69, 9.17) is 9.84 Å². The fourth-order valence-electron chi connectivity index (χ4n) is 1.92. The largest absolute Gasteiger partial charge is 0.494 e. The quantitative estimate of drug-likeness (QED) is 0.709. The van der Waals surface area contributed by atoms with Crippen LogP contribution in [-0.4, -0.2) is 35.8 Å². The third-order valence-corrected chi connectivity index (χ3v) is 3.36. The summed E-state index contributed by atoms with van der Waals surface area (Å²) in [4.78, 5) is 22.3. The molecule has 8 heteroatoms. The minimum Gasteiger partial charge on any atom is -0.494 e. The summed E-state index contributed by atoms with van der Waals surface area (Å²) in [6.07, 6.45) is -6.13. The fraction of sp³-hybridized carbons (Fsp3) is 0.500. The molecule has 5 nitrogen and oxygen atoms in total. The van der Waals surface area contributed by atoms with E-state index in [0.29, 0.717) is 5.75 Å². The SMILES string of the molecule is Cc1ccc(OCCCC(=O)NC(CC(F)(F)F)C(=O)O)cc1C. The minimum atomic E-state index is -4.66. The van der Waals surface area contributed by atoms with Crippen molar-refractivity contribution in [2.45, 2.75) is 45.3 Å². The predicted molar refractivity (Wildman–Crippen MR) is 80.9 cm³/mol. The Hall–Kier alpha value is -2.25. The monoisotopic (exact) mass is 347 g/mol. The molecule has 1 amide bonds. The number of carbonyl (C=O) groups excluding carboxylic acids is 1. The number of aliphatic carboxylic acids is 1. The van der Waals surface area contributed by atoms with E-state index in [0.717, 1.165) is 11.1 Å². The molecule has 0 aliphatic rings. The van der Waals surface area contributed by atoms with Gasteiger partial charge >= 0.3 is 12.1 Å². The molecule has 0 spiro atoms. The second kappa shape index (κ2) is 8.56. The molecule has 0 bridgehead atoms. The van der Waals surface area contributed by atoms with Gasteiger partial charge in [-0.15, -0.1) is 0 Å². The number of halogens is 3. The summed E-state index contributed by atoms with van der Waals surface area (Å²) >= 11 is 0. The Kier molecular flexibility index (Phi) is 7.06. The molecule has 1 unspecified atom stereocenters. The first-order valence-electron chi connectivity index (χ1n) is 7.37. The van der Waals surface area contributed by atoms with Crippen LogP contribution in [0.25, 0.3) is 0 Å². The molecule has 1 aromatic rings. The Labute approximate surface area is 137 Å². The van der Waals surface area contributed by atoms with E-state index >= 15 is 0 Å². The van der Waals surface area contributed by atoms with Gasteiger partial charge in [-0.25, -0.2) is 4.79 Å². The Morgan fingerprint density at radius 2 is 1.92 bits per heavy atom. The second-order valence-electron chi connectivity index (χ2n) is 5.48. The highest BCUT2D eigenvalue weighted by molar-refractivity contribution is 5.83. The molecular formula is C16H20F3NO4. The standard InChI is InChI=1S/C16H20F3NO4/c1-10-5-6-12(8-11(10)2)24-7-3-4-14(21)20-13(15(22)23)9-16(17,18)19/h5-6,8,13H,3-4,7,9H2,1-2H3,(H,20,21)(H,22,23). The number of carboxylic acid groups (broad SMARTS) is 1. The number of hydrogen-bond acceptors (Lipinski definition) is 3. The Bertz CT molecular complexity index is 587. The summed E-state index contributed by atoms with van der Waals surface area (Å²) in [5.41, 5.74) is 2.17. The van der Waals surface area contributed by atoms with Gasteiger partial charge in [-0.2, -0.15) is 13.2 Å². The van der Waals surface area contributed by atoms with Gasteiger partial charge in [-0.05, 0) is 43.5 Å². The van der Waals surface area contributed by atoms with Crippen LogP contribution in [0.3, 0.4) is 0 Å². The molecule has 24 heavy (non-hydrogen) atoms. The van der Waals surface area contributed by atoms with Crippen LogP contribution in [-0.2, 0) is 9.59 Å². The van der Waals surface area contributed by atoms with Gasteiger partial charge in [0.25, 0.3) is 0 Å². The molecule has 1 aromatic carbocycles. The van der Waals surface area contributed by atoms with E-state index in [2.05, 4.69) is 0 Å². The molecule has 0 heterocycles. The van der Waals surface area contributed by atoms with Crippen molar-refractivity contribution in [1.29, 1.82) is 0 Å².